The Labute approximate surface area is 171 Å². The number of nitrogens with one attached hydrogen (secondary N) is 1. The summed E-state index contributed by atoms with van der Waals surface area (Å²) in [5.41, 5.74) is 5.80. The highest BCUT2D eigenvalue weighted by molar-refractivity contribution is 6.35. The van der Waals surface area contributed by atoms with Crippen LogP contribution >= 0.6 is 11.6 Å². The Bertz CT molecular complexity index is 1440. The topological polar surface area (TPSA) is 58.6 Å². The Balaban J connectivity index is 1.87. The van der Waals surface area contributed by atoms with Crippen molar-refractivity contribution in [2.75, 3.05) is 0 Å². The lowest BCUT2D eigenvalue weighted by molar-refractivity contribution is 1.28. The van der Waals surface area contributed by atoms with Gasteiger partial charge in [-0.05, 0) is 42.3 Å². The summed E-state index contributed by atoms with van der Waals surface area (Å²) in [6, 6.07) is 19.3. The standard InChI is InChI=1S/C24H16ClN3O/c1-14-9-17-10-16(11-20(25)23(17)27-13-14)18-12-19-21(29)7-8-26-24(19)28-22(18)15-5-3-2-4-6-15/h2-13H,1H3,(H,26,28,29). The molecule has 5 heteroatoms. The van der Waals surface area contributed by atoms with Crippen LogP contribution in [0.15, 0.2) is 77.9 Å². The maximum absolute atomic E-state index is 12.4. The van der Waals surface area contributed by atoms with Crippen molar-refractivity contribution in [3.8, 4) is 22.4 Å². The van der Waals surface area contributed by atoms with E-state index >= 15 is 0 Å². The fraction of sp³-hybridized carbons (Fsp3) is 0.0417. The molecule has 1 N–H and O–H groups in total. The van der Waals surface area contributed by atoms with E-state index in [1.807, 2.05) is 55.5 Å². The average molecular weight is 398 g/mol. The van der Waals surface area contributed by atoms with Crippen LogP contribution in [-0.4, -0.2) is 15.0 Å². The van der Waals surface area contributed by atoms with Gasteiger partial charge in [0.25, 0.3) is 0 Å². The van der Waals surface area contributed by atoms with Gasteiger partial charge in [0.15, 0.2) is 5.43 Å². The van der Waals surface area contributed by atoms with Gasteiger partial charge in [-0.25, -0.2) is 4.98 Å². The van der Waals surface area contributed by atoms with Crippen molar-refractivity contribution in [3.63, 3.8) is 0 Å². The molecule has 0 aliphatic heterocycles. The van der Waals surface area contributed by atoms with Crippen LogP contribution in [0.1, 0.15) is 5.56 Å². The van der Waals surface area contributed by atoms with Gasteiger partial charge in [-0.1, -0.05) is 41.9 Å². The van der Waals surface area contributed by atoms with E-state index in [1.165, 1.54) is 6.07 Å². The van der Waals surface area contributed by atoms with Gasteiger partial charge in [0.05, 0.1) is 21.6 Å². The molecule has 29 heavy (non-hydrogen) atoms. The van der Waals surface area contributed by atoms with Gasteiger partial charge in [0, 0.05) is 35.0 Å². The lowest BCUT2D eigenvalue weighted by Crippen LogP contribution is -2.03. The molecule has 0 fully saturated rings. The van der Waals surface area contributed by atoms with Crippen molar-refractivity contribution in [1.29, 1.82) is 0 Å². The van der Waals surface area contributed by atoms with Crippen LogP contribution in [0.5, 0.6) is 0 Å². The van der Waals surface area contributed by atoms with Crippen LogP contribution in [0.3, 0.4) is 0 Å². The molecule has 4 nitrogen and oxygen atoms in total. The van der Waals surface area contributed by atoms with E-state index in [1.54, 1.807) is 12.4 Å². The summed E-state index contributed by atoms with van der Waals surface area (Å²) in [5, 5.41) is 2.06. The monoisotopic (exact) mass is 397 g/mol. The quantitative estimate of drug-likeness (QED) is 0.411. The Kier molecular flexibility index (Phi) is 4.14. The number of aromatic nitrogens is 3. The van der Waals surface area contributed by atoms with Crippen molar-refractivity contribution in [1.82, 2.24) is 15.0 Å². The molecule has 140 valence electrons. The minimum Gasteiger partial charge on any atom is -0.346 e. The summed E-state index contributed by atoms with van der Waals surface area (Å²) in [6.45, 7) is 2.00. The number of pyridine rings is 3. The highest BCUT2D eigenvalue weighted by Crippen LogP contribution is 2.36. The summed E-state index contributed by atoms with van der Waals surface area (Å²) < 4.78 is 0. The van der Waals surface area contributed by atoms with Crippen LogP contribution in [-0.2, 0) is 0 Å². The van der Waals surface area contributed by atoms with E-state index in [0.29, 0.717) is 16.1 Å². The SMILES string of the molecule is Cc1cnc2c(Cl)cc(-c3cc4c(=O)cc[nH]c4nc3-c3ccccc3)cc2c1. The second kappa shape index (κ2) is 6.83. The molecule has 5 rings (SSSR count). The third-order valence-electron chi connectivity index (χ3n) is 4.97. The minimum absolute atomic E-state index is 0.0727. The smallest absolute Gasteiger partial charge is 0.191 e. The van der Waals surface area contributed by atoms with Crippen molar-refractivity contribution in [3.05, 3.63) is 93.9 Å². The highest BCUT2D eigenvalue weighted by Gasteiger charge is 2.15. The Morgan fingerprint density at radius 2 is 1.79 bits per heavy atom. The second-order valence-corrected chi connectivity index (χ2v) is 7.44. The Morgan fingerprint density at radius 3 is 2.62 bits per heavy atom. The highest BCUT2D eigenvalue weighted by atomic mass is 35.5. The number of halogens is 1. The molecule has 0 bridgehead atoms. The second-order valence-electron chi connectivity index (χ2n) is 7.03. The molecule has 5 aromatic rings. The molecular formula is C24H16ClN3O. The van der Waals surface area contributed by atoms with Gasteiger partial charge >= 0.3 is 0 Å². The number of aromatic amines is 1. The molecule has 3 aromatic heterocycles. The van der Waals surface area contributed by atoms with Gasteiger partial charge in [-0.15, -0.1) is 0 Å². The first-order chi connectivity index (χ1) is 14.1. The zero-order valence-corrected chi connectivity index (χ0v) is 16.4. The summed E-state index contributed by atoms with van der Waals surface area (Å²) in [7, 11) is 0. The van der Waals surface area contributed by atoms with Crippen molar-refractivity contribution >= 4 is 33.5 Å². The first-order valence-electron chi connectivity index (χ1n) is 9.24. The van der Waals surface area contributed by atoms with Crippen LogP contribution in [0.25, 0.3) is 44.3 Å². The van der Waals surface area contributed by atoms with E-state index < -0.39 is 0 Å². The lowest BCUT2D eigenvalue weighted by Gasteiger charge is -2.13. The fourth-order valence-corrected chi connectivity index (χ4v) is 3.88. The molecule has 0 unspecified atom stereocenters. The zero-order chi connectivity index (χ0) is 20.0. The maximum Gasteiger partial charge on any atom is 0.191 e. The van der Waals surface area contributed by atoms with Gasteiger partial charge in [-0.3, -0.25) is 9.78 Å². The van der Waals surface area contributed by atoms with Crippen LogP contribution in [0.2, 0.25) is 5.02 Å². The van der Waals surface area contributed by atoms with Crippen LogP contribution in [0, 0.1) is 6.92 Å². The number of nitrogens with zero attached hydrogens (tertiary/aromatic N) is 2. The van der Waals surface area contributed by atoms with E-state index in [-0.39, 0.29) is 5.43 Å². The molecule has 0 aliphatic rings. The normalized spacial score (nSPS) is 11.2. The van der Waals surface area contributed by atoms with E-state index in [9.17, 15) is 4.79 Å². The summed E-state index contributed by atoms with van der Waals surface area (Å²) in [6.07, 6.45) is 3.42. The van der Waals surface area contributed by atoms with Crippen molar-refractivity contribution < 1.29 is 0 Å². The van der Waals surface area contributed by atoms with E-state index in [2.05, 4.69) is 16.0 Å². The third kappa shape index (κ3) is 3.08. The molecule has 0 amide bonds. The Hall–Kier alpha value is -3.50. The largest absolute Gasteiger partial charge is 0.346 e. The van der Waals surface area contributed by atoms with Crippen LogP contribution < -0.4 is 5.43 Å². The fourth-order valence-electron chi connectivity index (χ4n) is 3.60. The average Bonchev–Trinajstić information content (AvgIpc) is 2.73. The van der Waals surface area contributed by atoms with Gasteiger partial charge < -0.3 is 4.98 Å². The summed E-state index contributed by atoms with van der Waals surface area (Å²) in [4.78, 5) is 24.8. The summed E-state index contributed by atoms with van der Waals surface area (Å²) in [5.74, 6) is 0. The predicted octanol–water partition coefficient (Wildman–Crippen LogP) is 5.77. The summed E-state index contributed by atoms with van der Waals surface area (Å²) >= 11 is 6.56. The zero-order valence-electron chi connectivity index (χ0n) is 15.6. The maximum atomic E-state index is 12.4. The molecule has 0 radical (unpaired) electrons. The number of rotatable bonds is 2. The van der Waals surface area contributed by atoms with E-state index in [0.717, 1.165) is 38.9 Å². The van der Waals surface area contributed by atoms with E-state index in [4.69, 9.17) is 16.6 Å². The minimum atomic E-state index is -0.0727. The number of H-pyrrole nitrogens is 1. The molecule has 0 spiro atoms. The first-order valence-corrected chi connectivity index (χ1v) is 9.62. The number of hydrogen-bond acceptors (Lipinski definition) is 3. The van der Waals surface area contributed by atoms with Gasteiger partial charge in [0.2, 0.25) is 0 Å². The molecule has 0 atom stereocenters. The van der Waals surface area contributed by atoms with Crippen molar-refractivity contribution in [2.45, 2.75) is 6.92 Å². The molecule has 0 aliphatic carbocycles. The van der Waals surface area contributed by atoms with Gasteiger partial charge in [-0.2, -0.15) is 0 Å². The van der Waals surface area contributed by atoms with Crippen molar-refractivity contribution in [2.24, 2.45) is 0 Å². The molecule has 0 saturated carbocycles. The molecule has 3 heterocycles. The molecule has 0 saturated heterocycles. The van der Waals surface area contributed by atoms with Gasteiger partial charge in [0.1, 0.15) is 5.65 Å². The number of hydrogen-bond donors (Lipinski definition) is 1. The third-order valence-corrected chi connectivity index (χ3v) is 5.26. The first kappa shape index (κ1) is 17.6. The molecular weight excluding hydrogens is 382 g/mol. The predicted molar refractivity (Wildman–Crippen MR) is 118 cm³/mol. The number of fused-ring (bicyclic) bond motifs is 2. The number of benzene rings is 2. The number of aryl methyl sites for hydroxylation is 1. The Morgan fingerprint density at radius 1 is 0.966 bits per heavy atom. The molecule has 2 aromatic carbocycles. The van der Waals surface area contributed by atoms with Crippen LogP contribution in [0.4, 0.5) is 0 Å². The lowest BCUT2D eigenvalue weighted by atomic mass is 9.96.